The molecule has 7 heteroatoms. The minimum absolute atomic E-state index is 0.0374. The Balaban J connectivity index is 1.97. The standard InChI is InChI=1S/C16H13Cl3O4/c17-12-7-10(20)8-13(18)15(12)23-6-2-4-9-3-1-5-11(14(9)19)16(21)22/h1,3,5,7-8,20H,2,4,6H2,(H,21,22). The Morgan fingerprint density at radius 3 is 2.39 bits per heavy atom. The molecule has 0 heterocycles. The maximum absolute atomic E-state index is 11.0. The molecule has 23 heavy (non-hydrogen) atoms. The van der Waals surface area contributed by atoms with E-state index >= 15 is 0 Å². The van der Waals surface area contributed by atoms with Crippen LogP contribution in [0.1, 0.15) is 22.3 Å². The molecule has 0 aliphatic carbocycles. The average molecular weight is 376 g/mol. The second-order valence-electron chi connectivity index (χ2n) is 4.77. The molecule has 0 saturated heterocycles. The van der Waals surface area contributed by atoms with Crippen molar-refractivity contribution in [2.45, 2.75) is 12.8 Å². The molecule has 0 aromatic heterocycles. The van der Waals surface area contributed by atoms with E-state index in [2.05, 4.69) is 0 Å². The van der Waals surface area contributed by atoms with Gasteiger partial charge in [0.2, 0.25) is 0 Å². The molecule has 0 fully saturated rings. The maximum atomic E-state index is 11.0. The molecule has 2 N–H and O–H groups in total. The van der Waals surface area contributed by atoms with Crippen LogP contribution in [-0.2, 0) is 6.42 Å². The van der Waals surface area contributed by atoms with Crippen LogP contribution in [-0.4, -0.2) is 22.8 Å². The van der Waals surface area contributed by atoms with E-state index in [4.69, 9.17) is 44.6 Å². The lowest BCUT2D eigenvalue weighted by molar-refractivity contribution is 0.0697. The Morgan fingerprint density at radius 2 is 1.78 bits per heavy atom. The number of carboxylic acids is 1. The number of aromatic hydroxyl groups is 1. The number of halogens is 3. The highest BCUT2D eigenvalue weighted by Gasteiger charge is 2.12. The number of carbonyl (C=O) groups is 1. The number of phenolic OH excluding ortho intramolecular Hbond substituents is 1. The van der Waals surface area contributed by atoms with E-state index in [9.17, 15) is 9.90 Å². The zero-order valence-corrected chi connectivity index (χ0v) is 14.1. The summed E-state index contributed by atoms with van der Waals surface area (Å²) in [6.45, 7) is 0.317. The number of phenols is 1. The smallest absolute Gasteiger partial charge is 0.337 e. The monoisotopic (exact) mass is 374 g/mol. The Morgan fingerprint density at radius 1 is 1.13 bits per heavy atom. The van der Waals surface area contributed by atoms with Crippen LogP contribution in [0.25, 0.3) is 0 Å². The summed E-state index contributed by atoms with van der Waals surface area (Å²) < 4.78 is 5.53. The number of rotatable bonds is 6. The molecule has 2 aromatic carbocycles. The lowest BCUT2D eigenvalue weighted by atomic mass is 10.1. The summed E-state index contributed by atoms with van der Waals surface area (Å²) in [5.74, 6) is -0.795. The highest BCUT2D eigenvalue weighted by molar-refractivity contribution is 6.37. The Labute approximate surface area is 148 Å². The number of aromatic carboxylic acids is 1. The van der Waals surface area contributed by atoms with E-state index in [1.807, 2.05) is 0 Å². The Kier molecular flexibility index (Phi) is 5.99. The molecule has 0 atom stereocenters. The van der Waals surface area contributed by atoms with Crippen molar-refractivity contribution in [1.82, 2.24) is 0 Å². The predicted molar refractivity (Wildman–Crippen MR) is 90.4 cm³/mol. The van der Waals surface area contributed by atoms with E-state index in [0.29, 0.717) is 25.2 Å². The first-order valence-electron chi connectivity index (χ1n) is 6.71. The third kappa shape index (κ3) is 4.44. The molecule has 2 rings (SSSR count). The zero-order chi connectivity index (χ0) is 17.0. The van der Waals surface area contributed by atoms with Crippen LogP contribution in [0.5, 0.6) is 11.5 Å². The molecule has 0 unspecified atom stereocenters. The van der Waals surface area contributed by atoms with E-state index in [1.165, 1.54) is 18.2 Å². The summed E-state index contributed by atoms with van der Waals surface area (Å²) in [6, 6.07) is 7.57. The molecule has 0 aliphatic rings. The molecular weight excluding hydrogens is 363 g/mol. The lowest BCUT2D eigenvalue weighted by Crippen LogP contribution is -2.03. The van der Waals surface area contributed by atoms with Gasteiger partial charge in [-0.3, -0.25) is 0 Å². The first-order valence-corrected chi connectivity index (χ1v) is 7.85. The highest BCUT2D eigenvalue weighted by atomic mass is 35.5. The van der Waals surface area contributed by atoms with Gasteiger partial charge in [0.1, 0.15) is 5.75 Å². The number of hydrogen-bond donors (Lipinski definition) is 2. The van der Waals surface area contributed by atoms with Gasteiger partial charge in [0.25, 0.3) is 0 Å². The van der Waals surface area contributed by atoms with Crippen molar-refractivity contribution in [2.24, 2.45) is 0 Å². The Bertz CT molecular complexity index is 708. The van der Waals surface area contributed by atoms with Crippen LogP contribution in [0.15, 0.2) is 30.3 Å². The second kappa shape index (κ2) is 7.77. The lowest BCUT2D eigenvalue weighted by Gasteiger charge is -2.11. The first kappa shape index (κ1) is 17.7. The van der Waals surface area contributed by atoms with E-state index in [-0.39, 0.29) is 26.4 Å². The van der Waals surface area contributed by atoms with E-state index in [0.717, 1.165) is 5.56 Å². The number of aryl methyl sites for hydroxylation is 1. The van der Waals surface area contributed by atoms with Crippen molar-refractivity contribution in [3.05, 3.63) is 56.5 Å². The van der Waals surface area contributed by atoms with Crippen LogP contribution in [0, 0.1) is 0 Å². The third-order valence-electron chi connectivity index (χ3n) is 3.13. The quantitative estimate of drug-likeness (QED) is 0.692. The summed E-state index contributed by atoms with van der Waals surface area (Å²) in [5.41, 5.74) is 0.813. The van der Waals surface area contributed by atoms with Gasteiger partial charge in [-0.2, -0.15) is 0 Å². The molecular formula is C16H13Cl3O4. The molecule has 0 radical (unpaired) electrons. The van der Waals surface area contributed by atoms with Gasteiger partial charge in [0.15, 0.2) is 5.75 Å². The minimum Gasteiger partial charge on any atom is -0.508 e. The van der Waals surface area contributed by atoms with Gasteiger partial charge < -0.3 is 14.9 Å². The minimum atomic E-state index is -1.06. The van der Waals surface area contributed by atoms with Crippen molar-refractivity contribution >= 4 is 40.8 Å². The van der Waals surface area contributed by atoms with Crippen molar-refractivity contribution in [3.8, 4) is 11.5 Å². The molecule has 0 amide bonds. The summed E-state index contributed by atoms with van der Waals surface area (Å²) in [5, 5.41) is 19.1. The Hall–Kier alpha value is -1.62. The van der Waals surface area contributed by atoms with Gasteiger partial charge in [-0.05, 0) is 24.5 Å². The molecule has 0 aliphatic heterocycles. The molecule has 0 bridgehead atoms. The van der Waals surface area contributed by atoms with Gasteiger partial charge in [-0.25, -0.2) is 4.79 Å². The number of carboxylic acid groups (broad SMARTS) is 1. The second-order valence-corrected chi connectivity index (χ2v) is 5.97. The average Bonchev–Trinajstić information content (AvgIpc) is 2.46. The van der Waals surface area contributed by atoms with E-state index in [1.54, 1.807) is 12.1 Å². The fourth-order valence-corrected chi connectivity index (χ4v) is 2.95. The van der Waals surface area contributed by atoms with Gasteiger partial charge in [0.05, 0.1) is 27.2 Å². The number of benzene rings is 2. The third-order valence-corrected chi connectivity index (χ3v) is 4.14. The van der Waals surface area contributed by atoms with Crippen molar-refractivity contribution in [2.75, 3.05) is 6.61 Å². The molecule has 2 aromatic rings. The molecule has 122 valence electrons. The largest absolute Gasteiger partial charge is 0.508 e. The molecule has 0 spiro atoms. The highest BCUT2D eigenvalue weighted by Crippen LogP contribution is 2.36. The van der Waals surface area contributed by atoms with Crippen LogP contribution in [0.3, 0.4) is 0 Å². The van der Waals surface area contributed by atoms with Gasteiger partial charge in [-0.15, -0.1) is 0 Å². The maximum Gasteiger partial charge on any atom is 0.337 e. The SMILES string of the molecule is O=C(O)c1cccc(CCCOc2c(Cl)cc(O)cc2Cl)c1Cl. The van der Waals surface area contributed by atoms with E-state index < -0.39 is 5.97 Å². The summed E-state index contributed by atoms with van der Waals surface area (Å²) in [4.78, 5) is 11.0. The summed E-state index contributed by atoms with van der Waals surface area (Å²) >= 11 is 18.0. The summed E-state index contributed by atoms with van der Waals surface area (Å²) in [7, 11) is 0. The first-order chi connectivity index (χ1) is 10.9. The molecule has 0 saturated carbocycles. The van der Waals surface area contributed by atoms with Crippen LogP contribution < -0.4 is 4.74 Å². The van der Waals surface area contributed by atoms with Crippen molar-refractivity contribution < 1.29 is 19.7 Å². The topological polar surface area (TPSA) is 66.8 Å². The van der Waals surface area contributed by atoms with Gasteiger partial charge in [-0.1, -0.05) is 46.9 Å². The number of ether oxygens (including phenoxy) is 1. The summed E-state index contributed by atoms with van der Waals surface area (Å²) in [6.07, 6.45) is 1.14. The normalized spacial score (nSPS) is 10.6. The zero-order valence-electron chi connectivity index (χ0n) is 11.9. The van der Waals surface area contributed by atoms with Crippen molar-refractivity contribution in [3.63, 3.8) is 0 Å². The fraction of sp³-hybridized carbons (Fsp3) is 0.188. The predicted octanol–water partition coefficient (Wildman–Crippen LogP) is 5.06. The number of hydrogen-bond acceptors (Lipinski definition) is 3. The van der Waals surface area contributed by atoms with Crippen LogP contribution in [0.4, 0.5) is 0 Å². The van der Waals surface area contributed by atoms with Crippen LogP contribution >= 0.6 is 34.8 Å². The van der Waals surface area contributed by atoms with Gasteiger partial charge in [0, 0.05) is 12.1 Å². The van der Waals surface area contributed by atoms with Crippen molar-refractivity contribution in [1.29, 1.82) is 0 Å². The molecule has 4 nitrogen and oxygen atoms in total. The van der Waals surface area contributed by atoms with Crippen LogP contribution in [0.2, 0.25) is 15.1 Å². The van der Waals surface area contributed by atoms with Gasteiger partial charge >= 0.3 is 5.97 Å². The fourth-order valence-electron chi connectivity index (χ4n) is 2.06.